The van der Waals surface area contributed by atoms with E-state index in [2.05, 4.69) is 0 Å². The number of hydrogen-bond acceptors (Lipinski definition) is 3. The van der Waals surface area contributed by atoms with Crippen molar-refractivity contribution in [2.45, 2.75) is 6.42 Å². The van der Waals surface area contributed by atoms with Gasteiger partial charge >= 0.3 is 0 Å². The van der Waals surface area contributed by atoms with E-state index in [-0.39, 0.29) is 5.91 Å². The molecule has 0 bridgehead atoms. The number of rotatable bonds is 6. The molecule has 0 atom stereocenters. The first-order valence-corrected chi connectivity index (χ1v) is 7.53. The number of ether oxygens (including phenoxy) is 2. The van der Waals surface area contributed by atoms with Gasteiger partial charge in [0.2, 0.25) is 0 Å². The third-order valence-corrected chi connectivity index (χ3v) is 3.61. The van der Waals surface area contributed by atoms with E-state index in [9.17, 15) is 4.79 Å². The van der Waals surface area contributed by atoms with Gasteiger partial charge in [0.25, 0.3) is 5.91 Å². The number of carbonyl (C=O) groups excluding carboxylic acids is 1. The van der Waals surface area contributed by atoms with Crippen molar-refractivity contribution >= 4 is 5.91 Å². The van der Waals surface area contributed by atoms with Gasteiger partial charge in [-0.25, -0.2) is 0 Å². The zero-order valence-electron chi connectivity index (χ0n) is 12.4. The third-order valence-electron chi connectivity index (χ3n) is 3.61. The second-order valence-electron chi connectivity index (χ2n) is 5.15. The largest absolute Gasteiger partial charge is 0.490 e. The lowest BCUT2D eigenvalue weighted by molar-refractivity contribution is 0.0646. The fourth-order valence-corrected chi connectivity index (χ4v) is 2.29. The molecule has 0 aliphatic carbocycles. The number of benzene rings is 2. The van der Waals surface area contributed by atoms with Crippen molar-refractivity contribution in [3.05, 3.63) is 60.2 Å². The Labute approximate surface area is 130 Å². The first-order chi connectivity index (χ1) is 10.8. The van der Waals surface area contributed by atoms with Crippen LogP contribution < -0.4 is 9.47 Å². The van der Waals surface area contributed by atoms with Gasteiger partial charge in [-0.15, -0.1) is 0 Å². The number of likely N-dealkylation sites (tertiary alicyclic amines) is 1. The van der Waals surface area contributed by atoms with E-state index in [1.165, 1.54) is 0 Å². The van der Waals surface area contributed by atoms with Gasteiger partial charge in [0.05, 0.1) is 5.56 Å². The predicted molar refractivity (Wildman–Crippen MR) is 84.4 cm³/mol. The maximum absolute atomic E-state index is 12.3. The lowest BCUT2D eigenvalue weighted by Gasteiger charge is -2.31. The minimum Gasteiger partial charge on any atom is -0.490 e. The minimum atomic E-state index is 0.0471. The van der Waals surface area contributed by atoms with Crippen LogP contribution in [0.15, 0.2) is 54.6 Å². The summed E-state index contributed by atoms with van der Waals surface area (Å²) >= 11 is 0. The summed E-state index contributed by atoms with van der Waals surface area (Å²) in [5.41, 5.74) is 0.627. The summed E-state index contributed by atoms with van der Waals surface area (Å²) in [6.45, 7) is 2.52. The molecule has 1 fully saturated rings. The van der Waals surface area contributed by atoms with Gasteiger partial charge in [0.1, 0.15) is 24.7 Å². The van der Waals surface area contributed by atoms with Crippen molar-refractivity contribution in [3.63, 3.8) is 0 Å². The molecular weight excluding hydrogens is 278 g/mol. The van der Waals surface area contributed by atoms with Gasteiger partial charge < -0.3 is 14.4 Å². The lowest BCUT2D eigenvalue weighted by atomic mass is 10.1. The molecule has 0 unspecified atom stereocenters. The first-order valence-electron chi connectivity index (χ1n) is 7.53. The maximum atomic E-state index is 12.3. The van der Waals surface area contributed by atoms with Crippen LogP contribution in [0.4, 0.5) is 0 Å². The molecule has 4 heteroatoms. The molecule has 3 rings (SSSR count). The Balaban J connectivity index is 1.55. The molecule has 0 radical (unpaired) electrons. The molecule has 114 valence electrons. The van der Waals surface area contributed by atoms with Crippen molar-refractivity contribution in [2.75, 3.05) is 26.3 Å². The van der Waals surface area contributed by atoms with Crippen LogP contribution in [0.3, 0.4) is 0 Å². The topological polar surface area (TPSA) is 38.8 Å². The Morgan fingerprint density at radius 1 is 0.909 bits per heavy atom. The van der Waals surface area contributed by atoms with E-state index in [0.29, 0.717) is 24.5 Å². The van der Waals surface area contributed by atoms with E-state index >= 15 is 0 Å². The second kappa shape index (κ2) is 6.98. The van der Waals surface area contributed by atoms with Crippen molar-refractivity contribution in [1.29, 1.82) is 0 Å². The number of hydrogen-bond donors (Lipinski definition) is 0. The van der Waals surface area contributed by atoms with Crippen molar-refractivity contribution < 1.29 is 14.3 Å². The third kappa shape index (κ3) is 3.39. The summed E-state index contributed by atoms with van der Waals surface area (Å²) in [4.78, 5) is 14.2. The van der Waals surface area contributed by atoms with Crippen LogP contribution in [-0.4, -0.2) is 37.1 Å². The molecule has 0 spiro atoms. The van der Waals surface area contributed by atoms with Gasteiger partial charge in [0, 0.05) is 13.1 Å². The number of para-hydroxylation sites is 2. The van der Waals surface area contributed by atoms with E-state index in [4.69, 9.17) is 9.47 Å². The Morgan fingerprint density at radius 3 is 2.32 bits per heavy atom. The molecule has 0 N–H and O–H groups in total. The highest BCUT2D eigenvalue weighted by molar-refractivity contribution is 5.97. The van der Waals surface area contributed by atoms with Gasteiger partial charge in [-0.1, -0.05) is 30.3 Å². The van der Waals surface area contributed by atoms with Crippen LogP contribution >= 0.6 is 0 Å². The van der Waals surface area contributed by atoms with E-state index in [1.54, 1.807) is 0 Å². The molecule has 1 aliphatic rings. The predicted octanol–water partition coefficient (Wildman–Crippen LogP) is 2.99. The number of nitrogens with zero attached hydrogens (tertiary/aromatic N) is 1. The Kier molecular flexibility index (Phi) is 4.59. The quantitative estimate of drug-likeness (QED) is 0.769. The Hall–Kier alpha value is -2.49. The SMILES string of the molecule is O=C(c1ccccc1OCCOc1ccccc1)N1CCC1. The van der Waals surface area contributed by atoms with E-state index in [1.807, 2.05) is 59.5 Å². The van der Waals surface area contributed by atoms with Crippen LogP contribution in [0, 0.1) is 0 Å². The second-order valence-corrected chi connectivity index (χ2v) is 5.15. The molecule has 2 aromatic rings. The highest BCUT2D eigenvalue weighted by Crippen LogP contribution is 2.22. The van der Waals surface area contributed by atoms with E-state index in [0.717, 1.165) is 25.3 Å². The smallest absolute Gasteiger partial charge is 0.257 e. The summed E-state index contributed by atoms with van der Waals surface area (Å²) < 4.78 is 11.3. The van der Waals surface area contributed by atoms with Crippen LogP contribution in [0.5, 0.6) is 11.5 Å². The number of carbonyl (C=O) groups is 1. The molecule has 4 nitrogen and oxygen atoms in total. The normalized spacial score (nSPS) is 13.4. The Morgan fingerprint density at radius 2 is 1.59 bits per heavy atom. The lowest BCUT2D eigenvalue weighted by Crippen LogP contribution is -2.42. The van der Waals surface area contributed by atoms with Crippen LogP contribution in [0.1, 0.15) is 16.8 Å². The summed E-state index contributed by atoms with van der Waals surface area (Å²) in [5.74, 6) is 1.48. The maximum Gasteiger partial charge on any atom is 0.257 e. The molecule has 0 aromatic heterocycles. The average molecular weight is 297 g/mol. The molecule has 0 saturated carbocycles. The van der Waals surface area contributed by atoms with Crippen LogP contribution in [0.2, 0.25) is 0 Å². The van der Waals surface area contributed by atoms with Gasteiger partial charge in [-0.2, -0.15) is 0 Å². The summed E-state index contributed by atoms with van der Waals surface area (Å²) in [7, 11) is 0. The summed E-state index contributed by atoms with van der Waals surface area (Å²) in [5, 5.41) is 0. The standard InChI is InChI=1S/C18H19NO3/c20-18(19-11-6-12-19)16-9-4-5-10-17(16)22-14-13-21-15-7-2-1-3-8-15/h1-5,7-10H,6,11-14H2. The average Bonchev–Trinajstić information content (AvgIpc) is 2.51. The molecule has 1 heterocycles. The first kappa shape index (κ1) is 14.4. The van der Waals surface area contributed by atoms with Crippen molar-refractivity contribution in [2.24, 2.45) is 0 Å². The van der Waals surface area contributed by atoms with Crippen LogP contribution in [-0.2, 0) is 0 Å². The molecule has 1 aliphatic heterocycles. The van der Waals surface area contributed by atoms with Crippen molar-refractivity contribution in [1.82, 2.24) is 4.90 Å². The molecule has 2 aromatic carbocycles. The van der Waals surface area contributed by atoms with Gasteiger partial charge in [0.15, 0.2) is 0 Å². The minimum absolute atomic E-state index is 0.0471. The van der Waals surface area contributed by atoms with E-state index < -0.39 is 0 Å². The highest BCUT2D eigenvalue weighted by atomic mass is 16.5. The number of amides is 1. The monoisotopic (exact) mass is 297 g/mol. The highest BCUT2D eigenvalue weighted by Gasteiger charge is 2.23. The summed E-state index contributed by atoms with van der Waals surface area (Å²) in [6, 6.07) is 17.0. The fourth-order valence-electron chi connectivity index (χ4n) is 2.29. The molecular formula is C18H19NO3. The van der Waals surface area contributed by atoms with Crippen molar-refractivity contribution in [3.8, 4) is 11.5 Å². The summed E-state index contributed by atoms with van der Waals surface area (Å²) in [6.07, 6.45) is 1.08. The Bertz CT molecular complexity index is 623. The molecule has 1 amide bonds. The van der Waals surface area contributed by atoms with Gasteiger partial charge in [-0.3, -0.25) is 4.79 Å². The molecule has 1 saturated heterocycles. The molecule has 22 heavy (non-hydrogen) atoms. The zero-order chi connectivity index (χ0) is 15.2. The zero-order valence-corrected chi connectivity index (χ0v) is 12.4. The fraction of sp³-hybridized carbons (Fsp3) is 0.278. The van der Waals surface area contributed by atoms with Gasteiger partial charge in [-0.05, 0) is 30.7 Å². The van der Waals surface area contributed by atoms with Crippen LogP contribution in [0.25, 0.3) is 0 Å².